The molecule has 8 nitrogen and oxygen atoms in total. The van der Waals surface area contributed by atoms with E-state index in [1.165, 1.54) is 6.20 Å². The van der Waals surface area contributed by atoms with Gasteiger partial charge in [0.2, 0.25) is 11.6 Å². The molecule has 1 heterocycles. The number of hydrogen-bond acceptors (Lipinski definition) is 7. The van der Waals surface area contributed by atoms with Gasteiger partial charge < -0.3 is 29.0 Å². The molecule has 0 saturated carbocycles. The number of pyridine rings is 1. The first-order valence-electron chi connectivity index (χ1n) is 9.57. The Morgan fingerprint density at radius 1 is 1.00 bits per heavy atom. The van der Waals surface area contributed by atoms with Gasteiger partial charge >= 0.3 is 0 Å². The van der Waals surface area contributed by atoms with Crippen molar-refractivity contribution in [3.8, 4) is 23.1 Å². The van der Waals surface area contributed by atoms with Crippen LogP contribution in [0.15, 0.2) is 30.5 Å². The lowest BCUT2D eigenvalue weighted by molar-refractivity contribution is -0.0168. The number of ether oxygens (including phenoxy) is 5. The average Bonchev–Trinajstić information content (AvgIpc) is 2.73. The van der Waals surface area contributed by atoms with Gasteiger partial charge in [0, 0.05) is 18.8 Å². The van der Waals surface area contributed by atoms with E-state index in [1.54, 1.807) is 45.6 Å². The number of rotatable bonds is 10. The summed E-state index contributed by atoms with van der Waals surface area (Å²) in [5, 5.41) is 2.85. The van der Waals surface area contributed by atoms with Crippen molar-refractivity contribution >= 4 is 5.91 Å². The van der Waals surface area contributed by atoms with Crippen LogP contribution in [0.5, 0.6) is 23.1 Å². The van der Waals surface area contributed by atoms with Crippen LogP contribution < -0.4 is 24.3 Å². The minimum absolute atomic E-state index is 0.212. The quantitative estimate of drug-likeness (QED) is 0.593. The van der Waals surface area contributed by atoms with E-state index in [9.17, 15) is 4.79 Å². The fraction of sp³-hybridized carbons (Fsp3) is 0.455. The van der Waals surface area contributed by atoms with Crippen LogP contribution >= 0.6 is 0 Å². The van der Waals surface area contributed by atoms with E-state index in [-0.39, 0.29) is 18.1 Å². The summed E-state index contributed by atoms with van der Waals surface area (Å²) < 4.78 is 27.1. The molecule has 0 saturated heterocycles. The van der Waals surface area contributed by atoms with E-state index in [4.69, 9.17) is 23.7 Å². The Labute approximate surface area is 177 Å². The van der Waals surface area contributed by atoms with E-state index in [0.717, 1.165) is 5.56 Å². The fourth-order valence-corrected chi connectivity index (χ4v) is 2.62. The van der Waals surface area contributed by atoms with Crippen LogP contribution in [0, 0.1) is 0 Å². The molecular weight excluding hydrogens is 388 g/mol. The van der Waals surface area contributed by atoms with Crippen LogP contribution in [0.25, 0.3) is 0 Å². The van der Waals surface area contributed by atoms with Crippen molar-refractivity contribution in [1.82, 2.24) is 10.3 Å². The highest BCUT2D eigenvalue weighted by atomic mass is 16.5. The van der Waals surface area contributed by atoms with Gasteiger partial charge in [0.05, 0.1) is 39.1 Å². The molecule has 2 aromatic rings. The topological polar surface area (TPSA) is 88.1 Å². The lowest BCUT2D eigenvalue weighted by Gasteiger charge is -2.19. The molecule has 0 spiro atoms. The van der Waals surface area contributed by atoms with Crippen LogP contribution in [0.4, 0.5) is 0 Å². The summed E-state index contributed by atoms with van der Waals surface area (Å²) in [5.41, 5.74) is 1.03. The second kappa shape index (κ2) is 10.7. The summed E-state index contributed by atoms with van der Waals surface area (Å²) in [7, 11) is 4.63. The predicted molar refractivity (Wildman–Crippen MR) is 113 cm³/mol. The summed E-state index contributed by atoms with van der Waals surface area (Å²) in [5.74, 6) is 1.75. The number of nitrogens with one attached hydrogen (secondary N) is 1. The molecule has 0 fully saturated rings. The number of nitrogens with zero attached hydrogens (tertiary/aromatic N) is 1. The van der Waals surface area contributed by atoms with E-state index >= 15 is 0 Å². The Morgan fingerprint density at radius 2 is 1.67 bits per heavy atom. The third-order valence-corrected chi connectivity index (χ3v) is 4.04. The number of carbonyl (C=O) groups is 1. The van der Waals surface area contributed by atoms with Crippen LogP contribution in [-0.4, -0.2) is 51.0 Å². The number of aromatic nitrogens is 1. The second-order valence-corrected chi connectivity index (χ2v) is 7.41. The van der Waals surface area contributed by atoms with Crippen molar-refractivity contribution in [2.75, 3.05) is 34.5 Å². The number of hydrogen-bond donors (Lipinski definition) is 1. The Balaban J connectivity index is 1.92. The number of carbonyl (C=O) groups excluding carboxylic acids is 1. The maximum atomic E-state index is 12.4. The lowest BCUT2D eigenvalue weighted by atomic mass is 10.1. The fourth-order valence-electron chi connectivity index (χ4n) is 2.62. The molecule has 30 heavy (non-hydrogen) atoms. The third-order valence-electron chi connectivity index (χ3n) is 4.04. The van der Waals surface area contributed by atoms with Crippen LogP contribution in [0.1, 0.15) is 36.7 Å². The van der Waals surface area contributed by atoms with E-state index in [2.05, 4.69) is 10.3 Å². The van der Waals surface area contributed by atoms with Gasteiger partial charge in [0.25, 0.3) is 5.91 Å². The molecule has 0 aliphatic rings. The highest BCUT2D eigenvalue weighted by Gasteiger charge is 2.14. The minimum Gasteiger partial charge on any atom is -0.493 e. The van der Waals surface area contributed by atoms with Gasteiger partial charge in [-0.1, -0.05) is 0 Å². The first-order chi connectivity index (χ1) is 14.3. The summed E-state index contributed by atoms with van der Waals surface area (Å²) in [6, 6.07) is 6.90. The van der Waals surface area contributed by atoms with Crippen molar-refractivity contribution in [3.05, 3.63) is 41.6 Å². The molecule has 164 valence electrons. The molecule has 1 aromatic carbocycles. The molecular formula is C22H30N2O6. The van der Waals surface area contributed by atoms with E-state index in [1.807, 2.05) is 20.8 Å². The zero-order valence-electron chi connectivity index (χ0n) is 18.4. The van der Waals surface area contributed by atoms with Gasteiger partial charge in [-0.05, 0) is 44.5 Å². The zero-order valence-corrected chi connectivity index (χ0v) is 18.4. The predicted octanol–water partition coefficient (Wildman–Crippen LogP) is 3.23. The molecule has 2 rings (SSSR count). The molecule has 0 aliphatic carbocycles. The Hall–Kier alpha value is -3.00. The Morgan fingerprint density at radius 3 is 2.17 bits per heavy atom. The summed E-state index contributed by atoms with van der Waals surface area (Å²) in [6.07, 6.45) is 1.48. The number of methoxy groups -OCH3 is 3. The molecule has 0 atom stereocenters. The SMILES string of the molecule is COc1cc(CNC(=O)c2ccc(OCCOC(C)(C)C)nc2)cc(OC)c1OC. The van der Waals surface area contributed by atoms with Crippen molar-refractivity contribution in [1.29, 1.82) is 0 Å². The first kappa shape index (κ1) is 23.3. The molecule has 8 heteroatoms. The zero-order chi connectivity index (χ0) is 22.1. The van der Waals surface area contributed by atoms with Crippen LogP contribution in [0.3, 0.4) is 0 Å². The maximum absolute atomic E-state index is 12.4. The van der Waals surface area contributed by atoms with Gasteiger partial charge in [-0.3, -0.25) is 4.79 Å². The molecule has 0 bridgehead atoms. The largest absolute Gasteiger partial charge is 0.493 e. The Bertz CT molecular complexity index is 806. The smallest absolute Gasteiger partial charge is 0.253 e. The van der Waals surface area contributed by atoms with Crippen LogP contribution in [0.2, 0.25) is 0 Å². The monoisotopic (exact) mass is 418 g/mol. The van der Waals surface area contributed by atoms with Gasteiger partial charge in [0.1, 0.15) is 6.61 Å². The van der Waals surface area contributed by atoms with Crippen molar-refractivity contribution < 1.29 is 28.5 Å². The first-order valence-corrected chi connectivity index (χ1v) is 9.57. The van der Waals surface area contributed by atoms with Crippen molar-refractivity contribution in [2.45, 2.75) is 32.9 Å². The molecule has 0 unspecified atom stereocenters. The van der Waals surface area contributed by atoms with Crippen molar-refractivity contribution in [2.24, 2.45) is 0 Å². The summed E-state index contributed by atoms with van der Waals surface area (Å²) in [6.45, 7) is 7.08. The summed E-state index contributed by atoms with van der Waals surface area (Å²) in [4.78, 5) is 16.6. The number of amides is 1. The van der Waals surface area contributed by atoms with Crippen molar-refractivity contribution in [3.63, 3.8) is 0 Å². The van der Waals surface area contributed by atoms with Gasteiger partial charge in [-0.2, -0.15) is 0 Å². The molecule has 0 radical (unpaired) electrons. The van der Waals surface area contributed by atoms with Gasteiger partial charge in [-0.15, -0.1) is 0 Å². The average molecular weight is 418 g/mol. The molecule has 1 N–H and O–H groups in total. The van der Waals surface area contributed by atoms with E-state index in [0.29, 0.717) is 41.9 Å². The minimum atomic E-state index is -0.251. The standard InChI is InChI=1S/C22H30N2O6/c1-22(2,3)30-10-9-29-19-8-7-16(14-23-19)21(25)24-13-15-11-17(26-4)20(28-6)18(12-15)27-5/h7-8,11-12,14H,9-10,13H2,1-6H3,(H,24,25). The van der Waals surface area contributed by atoms with Gasteiger partial charge in [-0.25, -0.2) is 4.98 Å². The van der Waals surface area contributed by atoms with Gasteiger partial charge in [0.15, 0.2) is 11.5 Å². The van der Waals surface area contributed by atoms with E-state index < -0.39 is 0 Å². The highest BCUT2D eigenvalue weighted by Crippen LogP contribution is 2.38. The maximum Gasteiger partial charge on any atom is 0.253 e. The molecule has 0 aliphatic heterocycles. The highest BCUT2D eigenvalue weighted by molar-refractivity contribution is 5.93. The second-order valence-electron chi connectivity index (χ2n) is 7.41. The Kier molecular flexibility index (Phi) is 8.29. The number of benzene rings is 1. The molecule has 1 aromatic heterocycles. The summed E-state index contributed by atoms with van der Waals surface area (Å²) >= 11 is 0. The lowest BCUT2D eigenvalue weighted by Crippen LogP contribution is -2.23. The molecule has 1 amide bonds. The van der Waals surface area contributed by atoms with Crippen LogP contribution in [-0.2, 0) is 11.3 Å². The third kappa shape index (κ3) is 6.81. The normalized spacial score (nSPS) is 11.0.